The molecule has 1 amide bonds. The van der Waals surface area contributed by atoms with Crippen molar-refractivity contribution in [3.05, 3.63) is 146 Å². The van der Waals surface area contributed by atoms with Crippen LogP contribution in [0.3, 0.4) is 0 Å². The van der Waals surface area contributed by atoms with Gasteiger partial charge in [-0.05, 0) is 116 Å². The largest absolute Gasteiger partial charge is 0.394 e. The number of allylic oxidation sites excluding steroid dienone is 23. The van der Waals surface area contributed by atoms with Crippen LogP contribution >= 0.6 is 0 Å². The Balaban J connectivity index is 3.68. The van der Waals surface area contributed by atoms with Gasteiger partial charge in [-0.3, -0.25) is 4.79 Å². The highest BCUT2D eigenvalue weighted by atomic mass is 16.3. The van der Waals surface area contributed by atoms with Crippen molar-refractivity contribution in [2.24, 2.45) is 0 Å². The zero-order valence-electron chi connectivity index (χ0n) is 47.6. The molecule has 0 aliphatic rings. The number of carbonyl (C=O) groups excluding carboxylic acids is 1. The second-order valence-corrected chi connectivity index (χ2v) is 20.0. The highest BCUT2D eigenvalue weighted by molar-refractivity contribution is 5.76. The predicted octanol–water partition coefficient (Wildman–Crippen LogP) is 20.8. The first-order valence-electron chi connectivity index (χ1n) is 30.5. The summed E-state index contributed by atoms with van der Waals surface area (Å²) < 4.78 is 0. The maximum Gasteiger partial charge on any atom is 0.220 e. The predicted molar refractivity (Wildman–Crippen MR) is 326 cm³/mol. The number of carbonyl (C=O) groups is 1. The van der Waals surface area contributed by atoms with Gasteiger partial charge in [0.05, 0.1) is 18.8 Å². The van der Waals surface area contributed by atoms with Crippen LogP contribution in [0.15, 0.2) is 146 Å². The Labute approximate surface area is 453 Å². The third-order valence-electron chi connectivity index (χ3n) is 13.0. The Morgan fingerprint density at radius 2 is 0.616 bits per heavy atom. The third-order valence-corrected chi connectivity index (χ3v) is 13.0. The number of hydrogen-bond donors (Lipinski definition) is 3. The fourth-order valence-corrected chi connectivity index (χ4v) is 8.44. The van der Waals surface area contributed by atoms with Crippen LogP contribution in [0.5, 0.6) is 0 Å². The van der Waals surface area contributed by atoms with E-state index in [0.717, 1.165) is 116 Å². The van der Waals surface area contributed by atoms with Gasteiger partial charge in [0.2, 0.25) is 5.91 Å². The first-order chi connectivity index (χ1) is 36.2. The fourth-order valence-electron chi connectivity index (χ4n) is 8.44. The summed E-state index contributed by atoms with van der Waals surface area (Å²) in [5, 5.41) is 23.2. The zero-order chi connectivity index (χ0) is 52.7. The number of hydrogen-bond acceptors (Lipinski definition) is 3. The molecule has 0 aromatic rings. The first-order valence-corrected chi connectivity index (χ1v) is 30.5. The summed E-state index contributed by atoms with van der Waals surface area (Å²) in [7, 11) is 0. The van der Waals surface area contributed by atoms with Crippen molar-refractivity contribution in [1.29, 1.82) is 0 Å². The van der Waals surface area contributed by atoms with Gasteiger partial charge < -0.3 is 15.5 Å². The van der Waals surface area contributed by atoms with Crippen LogP contribution in [0.1, 0.15) is 264 Å². The lowest BCUT2D eigenvalue weighted by atomic mass is 10.0. The molecular formula is C69H115NO3. The van der Waals surface area contributed by atoms with Gasteiger partial charge in [0.25, 0.3) is 0 Å². The summed E-state index contributed by atoms with van der Waals surface area (Å²) in [6.07, 6.45) is 98.8. The van der Waals surface area contributed by atoms with Crippen molar-refractivity contribution in [1.82, 2.24) is 5.32 Å². The lowest BCUT2D eigenvalue weighted by Crippen LogP contribution is -2.45. The van der Waals surface area contributed by atoms with Crippen LogP contribution in [0.4, 0.5) is 0 Å². The number of rotatable bonds is 54. The zero-order valence-corrected chi connectivity index (χ0v) is 47.6. The molecule has 3 N–H and O–H groups in total. The van der Waals surface area contributed by atoms with Gasteiger partial charge in [-0.25, -0.2) is 0 Å². The Hall–Kier alpha value is -3.73. The second kappa shape index (κ2) is 62.6. The molecule has 2 unspecified atom stereocenters. The van der Waals surface area contributed by atoms with E-state index < -0.39 is 12.1 Å². The molecule has 0 aromatic carbocycles. The molecule has 0 aliphatic carbocycles. The summed E-state index contributed by atoms with van der Waals surface area (Å²) in [6.45, 7) is 4.18. The molecule has 0 aliphatic heterocycles. The summed E-state index contributed by atoms with van der Waals surface area (Å²) in [4.78, 5) is 12.5. The number of amides is 1. The molecule has 0 radical (unpaired) electrons. The van der Waals surface area contributed by atoms with Gasteiger partial charge >= 0.3 is 0 Å². The molecule has 414 valence electrons. The van der Waals surface area contributed by atoms with Crippen LogP contribution in [-0.2, 0) is 4.79 Å². The SMILES string of the molecule is CC/C=C\C/C=C\C/C=C\C/C=C\C/C=C\C/C=C\C/C=C\C/C=C\C/C=C\CCCCCCCC(=O)NC(CO)C(O)/C=C/CC/C=C/CC/C=C/CCCCCCCCCCCCCCCCCCCC. The van der Waals surface area contributed by atoms with E-state index in [1.807, 2.05) is 6.08 Å². The van der Waals surface area contributed by atoms with Gasteiger partial charge in [-0.15, -0.1) is 0 Å². The van der Waals surface area contributed by atoms with Crippen molar-refractivity contribution in [3.8, 4) is 0 Å². The van der Waals surface area contributed by atoms with Crippen molar-refractivity contribution in [2.45, 2.75) is 276 Å². The molecule has 0 fully saturated rings. The lowest BCUT2D eigenvalue weighted by Gasteiger charge is -2.19. The monoisotopic (exact) mass is 1010 g/mol. The van der Waals surface area contributed by atoms with E-state index in [0.29, 0.717) is 6.42 Å². The summed E-state index contributed by atoms with van der Waals surface area (Å²) in [5.74, 6) is -0.102. The first kappa shape index (κ1) is 69.3. The Morgan fingerprint density at radius 3 is 0.959 bits per heavy atom. The maximum absolute atomic E-state index is 12.5. The molecule has 0 spiro atoms. The summed E-state index contributed by atoms with van der Waals surface area (Å²) in [6, 6.07) is -0.669. The van der Waals surface area contributed by atoms with E-state index in [4.69, 9.17) is 0 Å². The number of aliphatic hydroxyl groups is 2. The Bertz CT molecular complexity index is 1510. The van der Waals surface area contributed by atoms with Crippen LogP contribution in [0.25, 0.3) is 0 Å². The Kier molecular flexibility index (Phi) is 59.4. The number of unbranched alkanes of at least 4 members (excludes halogenated alkanes) is 25. The molecule has 4 nitrogen and oxygen atoms in total. The average Bonchev–Trinajstić information content (AvgIpc) is 3.40. The van der Waals surface area contributed by atoms with Crippen LogP contribution in [-0.4, -0.2) is 34.9 Å². The number of aliphatic hydroxyl groups excluding tert-OH is 2. The van der Waals surface area contributed by atoms with E-state index in [2.05, 4.69) is 153 Å². The normalized spacial score (nSPS) is 13.9. The van der Waals surface area contributed by atoms with E-state index in [-0.39, 0.29) is 12.5 Å². The van der Waals surface area contributed by atoms with Crippen LogP contribution in [0, 0.1) is 0 Å². The molecule has 0 saturated heterocycles. The minimum absolute atomic E-state index is 0.102. The molecule has 0 aromatic heterocycles. The van der Waals surface area contributed by atoms with E-state index in [1.54, 1.807) is 6.08 Å². The maximum atomic E-state index is 12.5. The lowest BCUT2D eigenvalue weighted by molar-refractivity contribution is -0.123. The van der Waals surface area contributed by atoms with Gasteiger partial charge in [0.15, 0.2) is 0 Å². The second-order valence-electron chi connectivity index (χ2n) is 20.0. The standard InChI is InChI=1S/C69H115NO3/c1-3-5-7-9-11-13-15-17-19-21-23-25-27-29-31-33-34-35-36-37-39-41-43-45-47-49-51-53-55-57-59-61-63-65-69(73)70-67(66-71)68(72)64-62-60-58-56-54-52-50-48-46-44-42-40-38-32-30-28-26-24-22-20-18-16-14-12-10-8-6-4-2/h5,7,11,13,17,19,23,25,29,31,34-35,37,39,43,45-46,48-49,51,54,56,62,64,67-68,71-72H,3-4,6,8-10,12,14-16,18,20-22,24,26-28,30,32-33,36,38,40-42,44,47,50,52-53,55,57-61,63,65-66H2,1-2H3,(H,70,73)/b7-5-,13-11-,19-17-,25-23-,31-29-,35-34-,39-37-,45-43-,48-46+,51-49-,56-54+,64-62+. The third kappa shape index (κ3) is 59.0. The van der Waals surface area contributed by atoms with E-state index >= 15 is 0 Å². The molecule has 0 heterocycles. The van der Waals surface area contributed by atoms with E-state index in [1.165, 1.54) is 128 Å². The molecule has 2 atom stereocenters. The average molecular weight is 1010 g/mol. The minimum Gasteiger partial charge on any atom is -0.394 e. The highest BCUT2D eigenvalue weighted by Gasteiger charge is 2.18. The molecule has 0 bridgehead atoms. The molecule has 0 saturated carbocycles. The van der Waals surface area contributed by atoms with Crippen molar-refractivity contribution < 1.29 is 15.0 Å². The van der Waals surface area contributed by atoms with Gasteiger partial charge in [-0.1, -0.05) is 288 Å². The van der Waals surface area contributed by atoms with E-state index in [9.17, 15) is 15.0 Å². The molecular weight excluding hydrogens is 891 g/mol. The summed E-state index contributed by atoms with van der Waals surface area (Å²) >= 11 is 0. The smallest absolute Gasteiger partial charge is 0.220 e. The quantitative estimate of drug-likeness (QED) is 0.0420. The van der Waals surface area contributed by atoms with Crippen molar-refractivity contribution in [2.75, 3.05) is 6.61 Å². The van der Waals surface area contributed by atoms with Gasteiger partial charge in [0, 0.05) is 6.42 Å². The van der Waals surface area contributed by atoms with Gasteiger partial charge in [0.1, 0.15) is 0 Å². The summed E-state index contributed by atoms with van der Waals surface area (Å²) in [5.41, 5.74) is 0. The molecule has 4 heteroatoms. The van der Waals surface area contributed by atoms with Crippen molar-refractivity contribution >= 4 is 5.91 Å². The number of nitrogens with one attached hydrogen (secondary N) is 1. The topological polar surface area (TPSA) is 69.6 Å². The minimum atomic E-state index is -0.892. The van der Waals surface area contributed by atoms with Gasteiger partial charge in [-0.2, -0.15) is 0 Å². The fraction of sp³-hybridized carbons (Fsp3) is 0.638. The highest BCUT2D eigenvalue weighted by Crippen LogP contribution is 2.15. The Morgan fingerprint density at radius 1 is 0.342 bits per heavy atom. The van der Waals surface area contributed by atoms with Crippen molar-refractivity contribution in [3.63, 3.8) is 0 Å². The molecule has 0 rings (SSSR count). The van der Waals surface area contributed by atoms with Crippen LogP contribution < -0.4 is 5.32 Å². The molecule has 73 heavy (non-hydrogen) atoms. The van der Waals surface area contributed by atoms with Crippen LogP contribution in [0.2, 0.25) is 0 Å².